The molecule has 6 heteroatoms. The zero-order chi connectivity index (χ0) is 13.8. The van der Waals surface area contributed by atoms with Crippen molar-refractivity contribution in [2.24, 2.45) is 0 Å². The summed E-state index contributed by atoms with van der Waals surface area (Å²) in [5.74, 6) is 0. The molecule has 0 bridgehead atoms. The second kappa shape index (κ2) is 6.21. The van der Waals surface area contributed by atoms with E-state index in [9.17, 15) is 8.78 Å². The Kier molecular flexibility index (Phi) is 4.61. The highest BCUT2D eigenvalue weighted by atomic mass is 35.5. The number of anilines is 2. The van der Waals surface area contributed by atoms with Gasteiger partial charge in [0, 0.05) is 28.4 Å². The van der Waals surface area contributed by atoms with Crippen LogP contribution in [0.4, 0.5) is 20.2 Å². The molecule has 0 aliphatic rings. The predicted molar refractivity (Wildman–Crippen MR) is 77.3 cm³/mol. The summed E-state index contributed by atoms with van der Waals surface area (Å²) in [6.45, 7) is 0.570. The normalized spacial score (nSPS) is 10.9. The van der Waals surface area contributed by atoms with Gasteiger partial charge < -0.3 is 11.1 Å². The zero-order valence-corrected chi connectivity index (χ0v) is 11.6. The van der Waals surface area contributed by atoms with Crippen LogP contribution in [0.3, 0.4) is 0 Å². The Balaban J connectivity index is 1.99. The highest BCUT2D eigenvalue weighted by molar-refractivity contribution is 7.16. The molecule has 0 fully saturated rings. The van der Waals surface area contributed by atoms with E-state index in [1.807, 2.05) is 12.1 Å². The molecule has 2 aromatic rings. The van der Waals surface area contributed by atoms with Gasteiger partial charge in [0.15, 0.2) is 0 Å². The van der Waals surface area contributed by atoms with Crippen molar-refractivity contribution in [3.8, 4) is 0 Å². The highest BCUT2D eigenvalue weighted by Gasteiger charge is 2.13. The largest absolute Gasteiger partial charge is 0.399 e. The van der Waals surface area contributed by atoms with E-state index in [1.54, 1.807) is 12.1 Å². The smallest absolute Gasteiger partial charge is 0.265 e. The lowest BCUT2D eigenvalue weighted by Crippen LogP contribution is -2.07. The van der Waals surface area contributed by atoms with Gasteiger partial charge in [0.05, 0.1) is 4.34 Å². The monoisotopic (exact) mass is 302 g/mol. The van der Waals surface area contributed by atoms with Gasteiger partial charge in [0.2, 0.25) is 0 Å². The molecule has 2 rings (SSSR count). The minimum absolute atomic E-state index is 0.0655. The van der Waals surface area contributed by atoms with E-state index in [2.05, 4.69) is 5.32 Å². The number of rotatable bonds is 5. The van der Waals surface area contributed by atoms with Crippen molar-refractivity contribution in [1.29, 1.82) is 0 Å². The van der Waals surface area contributed by atoms with Gasteiger partial charge in [0.1, 0.15) is 0 Å². The van der Waals surface area contributed by atoms with Gasteiger partial charge in [-0.2, -0.15) is 0 Å². The Hall–Kier alpha value is -1.33. The summed E-state index contributed by atoms with van der Waals surface area (Å²) in [4.78, 5) is 1.12. The summed E-state index contributed by atoms with van der Waals surface area (Å²) in [6.07, 6.45) is -1.80. The minimum atomic E-state index is -2.54. The number of alkyl halides is 2. The SMILES string of the molecule is Nc1ccc(NCCc2ccc(Cl)s2)c(C(F)F)c1. The lowest BCUT2D eigenvalue weighted by Gasteiger charge is -2.12. The molecule has 0 saturated heterocycles. The van der Waals surface area contributed by atoms with Crippen LogP contribution in [0.5, 0.6) is 0 Å². The molecule has 1 heterocycles. The fraction of sp³-hybridized carbons (Fsp3) is 0.231. The molecular formula is C13H13ClF2N2S. The molecule has 1 aromatic carbocycles. The minimum Gasteiger partial charge on any atom is -0.399 e. The molecule has 0 saturated carbocycles. The lowest BCUT2D eigenvalue weighted by atomic mass is 10.1. The van der Waals surface area contributed by atoms with E-state index in [1.165, 1.54) is 17.4 Å². The number of halogens is 3. The van der Waals surface area contributed by atoms with Crippen molar-refractivity contribution >= 4 is 34.3 Å². The van der Waals surface area contributed by atoms with Crippen molar-refractivity contribution < 1.29 is 8.78 Å². The predicted octanol–water partition coefficient (Wildman–Crippen LogP) is 4.58. The lowest BCUT2D eigenvalue weighted by molar-refractivity contribution is 0.152. The van der Waals surface area contributed by atoms with E-state index in [-0.39, 0.29) is 5.56 Å². The Bertz CT molecular complexity index is 557. The maximum Gasteiger partial charge on any atom is 0.265 e. The highest BCUT2D eigenvalue weighted by Crippen LogP contribution is 2.29. The third kappa shape index (κ3) is 3.81. The van der Waals surface area contributed by atoms with Crippen molar-refractivity contribution in [2.75, 3.05) is 17.6 Å². The van der Waals surface area contributed by atoms with Crippen LogP contribution in [-0.4, -0.2) is 6.54 Å². The topological polar surface area (TPSA) is 38.0 Å². The molecule has 0 aliphatic carbocycles. The van der Waals surface area contributed by atoms with Crippen molar-refractivity contribution in [1.82, 2.24) is 0 Å². The van der Waals surface area contributed by atoms with E-state index in [4.69, 9.17) is 17.3 Å². The third-order valence-corrected chi connectivity index (χ3v) is 3.92. The molecule has 3 N–H and O–H groups in total. The summed E-state index contributed by atoms with van der Waals surface area (Å²) in [7, 11) is 0. The van der Waals surface area contributed by atoms with Crippen molar-refractivity contribution in [3.63, 3.8) is 0 Å². The Morgan fingerprint density at radius 1 is 1.26 bits per heavy atom. The van der Waals surface area contributed by atoms with E-state index >= 15 is 0 Å². The summed E-state index contributed by atoms with van der Waals surface area (Å²) < 4.78 is 26.4. The molecule has 0 amide bonds. The van der Waals surface area contributed by atoms with E-state index < -0.39 is 6.43 Å². The fourth-order valence-corrected chi connectivity index (χ4v) is 2.82. The average Bonchev–Trinajstić information content (AvgIpc) is 2.77. The Morgan fingerprint density at radius 3 is 2.68 bits per heavy atom. The van der Waals surface area contributed by atoms with Crippen LogP contribution in [0.1, 0.15) is 16.9 Å². The third-order valence-electron chi connectivity index (χ3n) is 2.63. The number of nitrogens with two attached hydrogens (primary N) is 1. The summed E-state index contributed by atoms with van der Waals surface area (Å²) in [5, 5.41) is 3.01. The molecule has 0 atom stereocenters. The van der Waals surface area contributed by atoms with Crippen molar-refractivity contribution in [3.05, 3.63) is 45.1 Å². The molecule has 0 radical (unpaired) electrons. The number of thiophene rings is 1. The molecule has 102 valence electrons. The summed E-state index contributed by atoms with van der Waals surface area (Å²) in [5.41, 5.74) is 6.21. The van der Waals surface area contributed by atoms with Gasteiger partial charge in [-0.25, -0.2) is 8.78 Å². The van der Waals surface area contributed by atoms with Gasteiger partial charge in [-0.3, -0.25) is 0 Å². The summed E-state index contributed by atoms with van der Waals surface area (Å²) in [6, 6.07) is 8.25. The summed E-state index contributed by atoms with van der Waals surface area (Å²) >= 11 is 7.32. The fourth-order valence-electron chi connectivity index (χ4n) is 1.73. The number of nitrogen functional groups attached to an aromatic ring is 1. The Labute approximate surface area is 119 Å². The molecule has 0 aliphatic heterocycles. The van der Waals surface area contributed by atoms with E-state index in [0.717, 1.165) is 15.6 Å². The number of hydrogen-bond donors (Lipinski definition) is 2. The van der Waals surface area contributed by atoms with Crippen LogP contribution in [-0.2, 0) is 6.42 Å². The second-order valence-corrected chi connectivity index (χ2v) is 5.83. The molecular weight excluding hydrogens is 290 g/mol. The molecule has 2 nitrogen and oxygen atoms in total. The number of nitrogens with one attached hydrogen (secondary N) is 1. The molecule has 0 unspecified atom stereocenters. The van der Waals surface area contributed by atoms with E-state index in [0.29, 0.717) is 17.9 Å². The Morgan fingerprint density at radius 2 is 2.05 bits per heavy atom. The first-order valence-corrected chi connectivity index (χ1v) is 6.91. The molecule has 19 heavy (non-hydrogen) atoms. The standard InChI is InChI=1S/C13H13ClF2N2S/c14-12-4-2-9(19-12)5-6-18-11-3-1-8(17)7-10(11)13(15)16/h1-4,7,13,18H,5-6,17H2. The molecule has 1 aromatic heterocycles. The second-order valence-electron chi connectivity index (χ2n) is 4.03. The molecule has 0 spiro atoms. The van der Waals surface area contributed by atoms with Gasteiger partial charge in [-0.05, 0) is 36.8 Å². The zero-order valence-electron chi connectivity index (χ0n) is 10.00. The number of benzene rings is 1. The average molecular weight is 303 g/mol. The quantitative estimate of drug-likeness (QED) is 0.794. The van der Waals surface area contributed by atoms with Crippen LogP contribution >= 0.6 is 22.9 Å². The van der Waals surface area contributed by atoms with Crippen LogP contribution < -0.4 is 11.1 Å². The first kappa shape index (κ1) is 14.1. The van der Waals surface area contributed by atoms with Crippen LogP contribution in [0.15, 0.2) is 30.3 Å². The van der Waals surface area contributed by atoms with Gasteiger partial charge in [-0.15, -0.1) is 11.3 Å². The first-order chi connectivity index (χ1) is 9.06. The first-order valence-electron chi connectivity index (χ1n) is 5.72. The van der Waals surface area contributed by atoms with Gasteiger partial charge in [0.25, 0.3) is 6.43 Å². The van der Waals surface area contributed by atoms with Crippen molar-refractivity contribution in [2.45, 2.75) is 12.8 Å². The van der Waals surface area contributed by atoms with Gasteiger partial charge >= 0.3 is 0 Å². The van der Waals surface area contributed by atoms with Crippen LogP contribution in [0, 0.1) is 0 Å². The van der Waals surface area contributed by atoms with Crippen LogP contribution in [0.2, 0.25) is 4.34 Å². The number of hydrogen-bond acceptors (Lipinski definition) is 3. The van der Waals surface area contributed by atoms with Gasteiger partial charge in [-0.1, -0.05) is 11.6 Å². The maximum absolute atomic E-state index is 12.9. The van der Waals surface area contributed by atoms with Crippen LogP contribution in [0.25, 0.3) is 0 Å². The maximum atomic E-state index is 12.9.